The third-order valence-electron chi connectivity index (χ3n) is 8.17. The molecule has 186 valence electrons. The minimum Gasteiger partial charge on any atom is -0.345 e. The van der Waals surface area contributed by atoms with E-state index in [9.17, 15) is 9.18 Å². The second kappa shape index (κ2) is 9.43. The lowest BCUT2D eigenvalue weighted by Gasteiger charge is -2.37. The molecule has 0 radical (unpaired) electrons. The van der Waals surface area contributed by atoms with Crippen molar-refractivity contribution in [3.8, 4) is 5.69 Å². The molecule has 37 heavy (non-hydrogen) atoms. The first-order valence-electron chi connectivity index (χ1n) is 12.8. The van der Waals surface area contributed by atoms with Crippen molar-refractivity contribution in [2.45, 2.75) is 38.6 Å². The zero-order valence-corrected chi connectivity index (χ0v) is 20.8. The van der Waals surface area contributed by atoms with Crippen molar-refractivity contribution in [3.05, 3.63) is 119 Å². The van der Waals surface area contributed by atoms with Gasteiger partial charge in [0.05, 0.1) is 29.2 Å². The summed E-state index contributed by atoms with van der Waals surface area (Å²) in [5.74, 6) is 0.0470. The Morgan fingerprint density at radius 3 is 2.68 bits per heavy atom. The molecule has 1 unspecified atom stereocenters. The standard InChI is InChI=1S/C31H29FN4O/c1-31-18-23-20-34-36(27-13-11-26(32)12-14-27)29(23)17-25(31)10-9-24(31)16-28(21-6-3-2-4-7-21)35-30(37)22-8-5-15-33-19-22/h2-8,11-15,17,19-20,24,28H,9-10,16,18H2,1H3,(H,35,37)/t24-,28?,31-/m1/s1. The van der Waals surface area contributed by atoms with Crippen LogP contribution in [0.2, 0.25) is 0 Å². The fourth-order valence-corrected chi connectivity index (χ4v) is 6.09. The van der Waals surface area contributed by atoms with Gasteiger partial charge < -0.3 is 5.32 Å². The normalized spacial score (nSPS) is 21.0. The Morgan fingerprint density at radius 1 is 1.11 bits per heavy atom. The summed E-state index contributed by atoms with van der Waals surface area (Å²) >= 11 is 0. The number of nitrogens with zero attached hydrogens (tertiary/aromatic N) is 3. The predicted molar refractivity (Wildman–Crippen MR) is 142 cm³/mol. The van der Waals surface area contributed by atoms with E-state index in [0.717, 1.165) is 42.6 Å². The lowest BCUT2D eigenvalue weighted by molar-refractivity contribution is 0.0923. The number of nitrogens with one attached hydrogen (secondary N) is 1. The van der Waals surface area contributed by atoms with Crippen LogP contribution in [0.15, 0.2) is 90.9 Å². The number of allylic oxidation sites excluding steroid dienone is 1. The number of benzene rings is 2. The zero-order chi connectivity index (χ0) is 25.4. The summed E-state index contributed by atoms with van der Waals surface area (Å²) in [4.78, 5) is 17.2. The predicted octanol–water partition coefficient (Wildman–Crippen LogP) is 6.32. The van der Waals surface area contributed by atoms with E-state index in [4.69, 9.17) is 0 Å². The van der Waals surface area contributed by atoms with Crippen molar-refractivity contribution in [3.63, 3.8) is 0 Å². The number of carbonyl (C=O) groups excluding carboxylic acids is 1. The molecule has 2 aromatic carbocycles. The van der Waals surface area contributed by atoms with Crippen LogP contribution in [0.5, 0.6) is 0 Å². The molecule has 4 aromatic rings. The SMILES string of the molecule is C[C@]12Cc3cnn(-c4ccc(F)cc4)c3C=C1CC[C@@H]2CC(NC(=O)c1cccnc1)c1ccccc1. The van der Waals surface area contributed by atoms with Gasteiger partial charge in [-0.05, 0) is 90.6 Å². The number of pyridine rings is 1. The van der Waals surface area contributed by atoms with Gasteiger partial charge in [-0.3, -0.25) is 9.78 Å². The van der Waals surface area contributed by atoms with Gasteiger partial charge in [0.25, 0.3) is 5.91 Å². The number of carbonyl (C=O) groups is 1. The molecule has 1 amide bonds. The number of aromatic nitrogens is 3. The molecule has 2 aromatic heterocycles. The van der Waals surface area contributed by atoms with Crippen molar-refractivity contribution in [2.75, 3.05) is 0 Å². The van der Waals surface area contributed by atoms with Gasteiger partial charge in [-0.25, -0.2) is 9.07 Å². The Balaban J connectivity index is 1.27. The van der Waals surface area contributed by atoms with Crippen LogP contribution in [0.4, 0.5) is 4.39 Å². The van der Waals surface area contributed by atoms with Crippen molar-refractivity contribution >= 4 is 12.0 Å². The van der Waals surface area contributed by atoms with Gasteiger partial charge in [0, 0.05) is 12.4 Å². The summed E-state index contributed by atoms with van der Waals surface area (Å²) < 4.78 is 15.4. The number of rotatable bonds is 6. The highest BCUT2D eigenvalue weighted by molar-refractivity contribution is 5.94. The molecule has 1 fully saturated rings. The van der Waals surface area contributed by atoms with Gasteiger partial charge in [0.2, 0.25) is 0 Å². The second-order valence-corrected chi connectivity index (χ2v) is 10.4. The van der Waals surface area contributed by atoms with Crippen molar-refractivity contribution in [1.29, 1.82) is 0 Å². The van der Waals surface area contributed by atoms with Crippen LogP contribution in [0, 0.1) is 17.2 Å². The van der Waals surface area contributed by atoms with Crippen LogP contribution in [-0.4, -0.2) is 20.7 Å². The summed E-state index contributed by atoms with van der Waals surface area (Å²) in [5.41, 5.74) is 6.26. The fourth-order valence-electron chi connectivity index (χ4n) is 6.09. The van der Waals surface area contributed by atoms with Gasteiger partial charge in [-0.1, -0.05) is 42.8 Å². The summed E-state index contributed by atoms with van der Waals surface area (Å²) in [6, 6.07) is 20.2. The lowest BCUT2D eigenvalue weighted by atomic mass is 9.68. The third kappa shape index (κ3) is 4.37. The number of fused-ring (bicyclic) bond motifs is 2. The molecule has 1 N–H and O–H groups in total. The maximum absolute atomic E-state index is 13.5. The first-order chi connectivity index (χ1) is 18.0. The summed E-state index contributed by atoms with van der Waals surface area (Å²) in [7, 11) is 0. The van der Waals surface area contributed by atoms with E-state index in [-0.39, 0.29) is 23.2 Å². The first-order valence-corrected chi connectivity index (χ1v) is 12.8. The highest BCUT2D eigenvalue weighted by atomic mass is 19.1. The summed E-state index contributed by atoms with van der Waals surface area (Å²) in [6.07, 6.45) is 11.4. The van der Waals surface area contributed by atoms with Gasteiger partial charge in [0.1, 0.15) is 5.82 Å². The van der Waals surface area contributed by atoms with Crippen molar-refractivity contribution < 1.29 is 9.18 Å². The van der Waals surface area contributed by atoms with Crippen LogP contribution in [-0.2, 0) is 6.42 Å². The Bertz CT molecular complexity index is 1450. The molecule has 0 saturated heterocycles. The van der Waals surface area contributed by atoms with Gasteiger partial charge >= 0.3 is 0 Å². The van der Waals surface area contributed by atoms with Crippen LogP contribution >= 0.6 is 0 Å². The molecular formula is C31H29FN4O. The zero-order valence-electron chi connectivity index (χ0n) is 20.8. The first kappa shape index (κ1) is 23.3. The molecular weight excluding hydrogens is 463 g/mol. The van der Waals surface area contributed by atoms with E-state index in [1.165, 1.54) is 23.3 Å². The smallest absolute Gasteiger partial charge is 0.253 e. The minimum atomic E-state index is -0.252. The van der Waals surface area contributed by atoms with Crippen molar-refractivity contribution in [1.82, 2.24) is 20.1 Å². The topological polar surface area (TPSA) is 59.8 Å². The van der Waals surface area contributed by atoms with E-state index >= 15 is 0 Å². The second-order valence-electron chi connectivity index (χ2n) is 10.4. The number of amides is 1. The van der Waals surface area contributed by atoms with Gasteiger partial charge in [0.15, 0.2) is 0 Å². The monoisotopic (exact) mass is 492 g/mol. The quantitative estimate of drug-likeness (QED) is 0.342. The lowest BCUT2D eigenvalue weighted by Crippen LogP contribution is -2.35. The maximum Gasteiger partial charge on any atom is 0.253 e. The van der Waals surface area contributed by atoms with E-state index in [0.29, 0.717) is 11.5 Å². The molecule has 3 atom stereocenters. The molecule has 0 spiro atoms. The molecule has 5 nitrogen and oxygen atoms in total. The molecule has 6 rings (SSSR count). The van der Waals surface area contributed by atoms with E-state index in [1.54, 1.807) is 36.7 Å². The molecule has 0 bridgehead atoms. The largest absolute Gasteiger partial charge is 0.345 e. The molecule has 6 heteroatoms. The Hall–Kier alpha value is -4.06. The number of hydrogen-bond donors (Lipinski definition) is 1. The molecule has 2 aliphatic rings. The number of hydrogen-bond acceptors (Lipinski definition) is 3. The third-order valence-corrected chi connectivity index (χ3v) is 8.17. The van der Waals surface area contributed by atoms with Gasteiger partial charge in [-0.2, -0.15) is 5.10 Å². The highest BCUT2D eigenvalue weighted by Gasteiger charge is 2.46. The average molecular weight is 493 g/mol. The van der Waals surface area contributed by atoms with E-state index in [2.05, 4.69) is 40.5 Å². The Kier molecular flexibility index (Phi) is 5.95. The molecule has 2 heterocycles. The van der Waals surface area contributed by atoms with Crippen LogP contribution < -0.4 is 5.32 Å². The highest BCUT2D eigenvalue weighted by Crippen LogP contribution is 2.55. The molecule has 0 aliphatic heterocycles. The van der Waals surface area contributed by atoms with Gasteiger partial charge in [-0.15, -0.1) is 0 Å². The maximum atomic E-state index is 13.5. The summed E-state index contributed by atoms with van der Waals surface area (Å²) in [6.45, 7) is 2.36. The minimum absolute atomic E-state index is 0.00425. The molecule has 1 saturated carbocycles. The van der Waals surface area contributed by atoms with E-state index < -0.39 is 0 Å². The van der Waals surface area contributed by atoms with Crippen LogP contribution in [0.1, 0.15) is 59.4 Å². The van der Waals surface area contributed by atoms with E-state index in [1.807, 2.05) is 29.1 Å². The molecule has 2 aliphatic carbocycles. The van der Waals surface area contributed by atoms with Crippen LogP contribution in [0.3, 0.4) is 0 Å². The summed E-state index contributed by atoms with van der Waals surface area (Å²) in [5, 5.41) is 7.94. The fraction of sp³-hybridized carbons (Fsp3) is 0.258. The van der Waals surface area contributed by atoms with Crippen molar-refractivity contribution in [2.24, 2.45) is 11.3 Å². The Morgan fingerprint density at radius 2 is 1.92 bits per heavy atom. The van der Waals surface area contributed by atoms with Crippen LogP contribution in [0.25, 0.3) is 11.8 Å². The average Bonchev–Trinajstić information content (AvgIpc) is 3.47. The number of halogens is 1. The Labute approximate surface area is 216 Å².